The fourth-order valence-corrected chi connectivity index (χ4v) is 3.90. The summed E-state index contributed by atoms with van der Waals surface area (Å²) in [5.74, 6) is 1.89. The van der Waals surface area contributed by atoms with Crippen LogP contribution in [-0.4, -0.2) is 34.6 Å². The molecule has 0 aliphatic rings. The van der Waals surface area contributed by atoms with E-state index < -0.39 is 8.80 Å². The van der Waals surface area contributed by atoms with Crippen LogP contribution in [0.1, 0.15) is 5.69 Å². The van der Waals surface area contributed by atoms with Crippen molar-refractivity contribution < 1.29 is 9.47 Å². The summed E-state index contributed by atoms with van der Waals surface area (Å²) in [6, 6.07) is 15.0. The summed E-state index contributed by atoms with van der Waals surface area (Å²) in [7, 11) is -0.583. The summed E-state index contributed by atoms with van der Waals surface area (Å²) >= 11 is 5.86. The Hall–Kier alpha value is -2.61. The Labute approximate surface area is 182 Å². The zero-order valence-corrected chi connectivity index (χ0v) is 19.1. The third-order valence-corrected chi connectivity index (χ3v) is 6.43. The van der Waals surface area contributed by atoms with Crippen LogP contribution in [0.4, 0.5) is 0 Å². The highest BCUT2D eigenvalue weighted by Crippen LogP contribution is 2.26. The topological polar surface area (TPSA) is 53.6 Å². The average molecular weight is 441 g/mol. The van der Waals surface area contributed by atoms with Gasteiger partial charge in [-0.25, -0.2) is 9.67 Å². The lowest BCUT2D eigenvalue weighted by Gasteiger charge is -2.10. The second-order valence-electron chi connectivity index (χ2n) is 7.56. The van der Waals surface area contributed by atoms with Crippen molar-refractivity contribution in [2.24, 2.45) is 0 Å². The van der Waals surface area contributed by atoms with Gasteiger partial charge in [-0.3, -0.25) is 0 Å². The van der Waals surface area contributed by atoms with Crippen molar-refractivity contribution in [3.8, 4) is 22.8 Å². The van der Waals surface area contributed by atoms with E-state index in [1.807, 2.05) is 63.9 Å². The number of benzene rings is 1. The molecule has 4 rings (SSSR count). The van der Waals surface area contributed by atoms with Gasteiger partial charge in [0.1, 0.15) is 23.9 Å². The Morgan fingerprint density at radius 1 is 1.00 bits per heavy atom. The highest BCUT2D eigenvalue weighted by Gasteiger charge is 2.08. The number of ether oxygens (including phenoxy) is 2. The van der Waals surface area contributed by atoms with Crippen molar-refractivity contribution in [3.05, 3.63) is 66.7 Å². The van der Waals surface area contributed by atoms with Crippen molar-refractivity contribution in [2.45, 2.75) is 31.7 Å². The first kappa shape index (κ1) is 20.7. The quantitative estimate of drug-likeness (QED) is 0.204. The maximum absolute atomic E-state index is 6.01. The number of halogens is 1. The number of fused-ring (bicyclic) bond motifs is 1. The van der Waals surface area contributed by atoms with Gasteiger partial charge in [-0.05, 0) is 48.5 Å². The highest BCUT2D eigenvalue weighted by molar-refractivity contribution is 6.55. The highest BCUT2D eigenvalue weighted by atomic mass is 35.5. The van der Waals surface area contributed by atoms with Gasteiger partial charge in [-0.15, -0.1) is 11.6 Å². The molecular weight excluding hydrogens is 416 g/mol. The molecule has 0 aliphatic heterocycles. The summed E-state index contributed by atoms with van der Waals surface area (Å²) in [5.41, 5.74) is 3.78. The van der Waals surface area contributed by atoms with Crippen molar-refractivity contribution in [3.63, 3.8) is 0 Å². The lowest BCUT2D eigenvalue weighted by atomic mass is 10.1. The zero-order valence-electron chi connectivity index (χ0n) is 17.2. The summed E-state index contributed by atoms with van der Waals surface area (Å²) in [6.45, 7) is 5.92. The lowest BCUT2D eigenvalue weighted by molar-refractivity contribution is 0.0801. The number of aromatic nitrogens is 4. The monoisotopic (exact) mass is 440 g/mol. The molecule has 156 valence electrons. The van der Waals surface area contributed by atoms with E-state index in [4.69, 9.17) is 21.1 Å². The van der Waals surface area contributed by atoms with E-state index in [1.165, 1.54) is 6.04 Å². The van der Waals surface area contributed by atoms with Crippen LogP contribution < -0.4 is 4.74 Å². The Balaban J connectivity index is 1.43. The fraction of sp³-hybridized carbons (Fsp3) is 0.273. The van der Waals surface area contributed by atoms with Crippen LogP contribution in [0.25, 0.3) is 16.9 Å². The smallest absolute Gasteiger partial charge is 0.144 e. The molecular formula is C22H25ClN4O2Si. The molecule has 6 nitrogen and oxygen atoms in total. The SMILES string of the molecule is C[SiH](C)CCOCn1nccc1-c1ccc(Oc2ccc3nc(CCl)cn3c2)cc1. The van der Waals surface area contributed by atoms with E-state index in [0.717, 1.165) is 40.7 Å². The predicted molar refractivity (Wildman–Crippen MR) is 122 cm³/mol. The summed E-state index contributed by atoms with van der Waals surface area (Å²) in [4.78, 5) is 4.42. The minimum atomic E-state index is -0.583. The van der Waals surface area contributed by atoms with Gasteiger partial charge >= 0.3 is 0 Å². The average Bonchev–Trinajstić information content (AvgIpc) is 3.38. The molecule has 3 heterocycles. The van der Waals surface area contributed by atoms with E-state index in [1.54, 1.807) is 6.20 Å². The molecule has 0 amide bonds. The van der Waals surface area contributed by atoms with Crippen LogP contribution >= 0.6 is 11.6 Å². The Bertz CT molecular complexity index is 1110. The molecule has 0 spiro atoms. The van der Waals surface area contributed by atoms with Crippen molar-refractivity contribution in [1.29, 1.82) is 0 Å². The molecule has 0 unspecified atom stereocenters. The molecule has 0 N–H and O–H groups in total. The number of rotatable bonds is 9. The first-order valence-corrected chi connectivity index (χ1v) is 13.7. The van der Waals surface area contributed by atoms with Crippen LogP contribution in [0.3, 0.4) is 0 Å². The molecule has 0 aliphatic carbocycles. The predicted octanol–water partition coefficient (Wildman–Crippen LogP) is 5.19. The van der Waals surface area contributed by atoms with Crippen molar-refractivity contribution >= 4 is 26.0 Å². The third-order valence-electron chi connectivity index (χ3n) is 4.77. The first-order chi connectivity index (χ1) is 14.6. The van der Waals surface area contributed by atoms with Crippen molar-refractivity contribution in [2.75, 3.05) is 6.61 Å². The Kier molecular flexibility index (Phi) is 6.52. The Morgan fingerprint density at radius 3 is 2.57 bits per heavy atom. The molecule has 0 saturated carbocycles. The number of imidazole rings is 1. The van der Waals surface area contributed by atoms with Gasteiger partial charge in [-0.2, -0.15) is 5.10 Å². The molecule has 3 aromatic heterocycles. The van der Waals surface area contributed by atoms with Gasteiger partial charge in [0, 0.05) is 33.4 Å². The van der Waals surface area contributed by atoms with Crippen LogP contribution in [0.15, 0.2) is 61.1 Å². The number of pyridine rings is 1. The molecule has 0 radical (unpaired) electrons. The van der Waals surface area contributed by atoms with Gasteiger partial charge < -0.3 is 13.9 Å². The molecule has 0 fully saturated rings. The summed E-state index contributed by atoms with van der Waals surface area (Å²) in [5, 5.41) is 4.39. The number of hydrogen-bond acceptors (Lipinski definition) is 4. The molecule has 4 aromatic rings. The summed E-state index contributed by atoms with van der Waals surface area (Å²) < 4.78 is 15.6. The van der Waals surface area contributed by atoms with E-state index >= 15 is 0 Å². The molecule has 30 heavy (non-hydrogen) atoms. The van der Waals surface area contributed by atoms with E-state index in [-0.39, 0.29) is 0 Å². The van der Waals surface area contributed by atoms with Gasteiger partial charge in [0.2, 0.25) is 0 Å². The molecule has 0 atom stereocenters. The number of hydrogen-bond donors (Lipinski definition) is 0. The normalized spacial score (nSPS) is 11.5. The van der Waals surface area contributed by atoms with Crippen LogP contribution in [0.2, 0.25) is 19.1 Å². The maximum atomic E-state index is 6.01. The Morgan fingerprint density at radius 2 is 1.80 bits per heavy atom. The van der Waals surface area contributed by atoms with Gasteiger partial charge in [-0.1, -0.05) is 13.1 Å². The molecule has 8 heteroatoms. The molecule has 0 bridgehead atoms. The van der Waals surface area contributed by atoms with Gasteiger partial charge in [0.15, 0.2) is 0 Å². The number of nitrogens with zero attached hydrogens (tertiary/aromatic N) is 4. The largest absolute Gasteiger partial charge is 0.456 e. The fourth-order valence-electron chi connectivity index (χ4n) is 3.13. The minimum Gasteiger partial charge on any atom is -0.456 e. The zero-order chi connectivity index (χ0) is 20.9. The van der Waals surface area contributed by atoms with E-state index in [0.29, 0.717) is 12.6 Å². The second kappa shape index (κ2) is 9.47. The first-order valence-electron chi connectivity index (χ1n) is 10.0. The van der Waals surface area contributed by atoms with Crippen LogP contribution in [0.5, 0.6) is 11.5 Å². The third kappa shape index (κ3) is 4.92. The van der Waals surface area contributed by atoms with E-state index in [9.17, 15) is 0 Å². The maximum Gasteiger partial charge on any atom is 0.144 e. The minimum absolute atomic E-state index is 0.389. The number of alkyl halides is 1. The van der Waals surface area contributed by atoms with Crippen molar-refractivity contribution in [1.82, 2.24) is 19.2 Å². The van der Waals surface area contributed by atoms with Gasteiger partial charge in [0.05, 0.1) is 23.5 Å². The summed E-state index contributed by atoms with van der Waals surface area (Å²) in [6.07, 6.45) is 5.61. The van der Waals surface area contributed by atoms with Gasteiger partial charge in [0.25, 0.3) is 0 Å². The van der Waals surface area contributed by atoms with Crippen LogP contribution in [0, 0.1) is 0 Å². The van der Waals surface area contributed by atoms with Crippen LogP contribution in [-0.2, 0) is 17.3 Å². The molecule has 0 saturated heterocycles. The second-order valence-corrected chi connectivity index (χ2v) is 11.2. The lowest BCUT2D eigenvalue weighted by Crippen LogP contribution is -2.10. The molecule has 1 aromatic carbocycles. The standard InChI is InChI=1S/C22H25ClN4O2Si/c1-30(2)12-11-28-16-27-21(9-10-24-27)17-3-5-19(6-4-17)29-20-7-8-22-25-18(13-23)14-26(22)15-20/h3-10,14-15,30H,11-13,16H2,1-2H3. The van der Waals surface area contributed by atoms with E-state index in [2.05, 4.69) is 23.2 Å².